The van der Waals surface area contributed by atoms with Crippen molar-refractivity contribution in [1.82, 2.24) is 9.97 Å². The van der Waals surface area contributed by atoms with Crippen LogP contribution in [-0.4, -0.2) is 34.9 Å². The van der Waals surface area contributed by atoms with Gasteiger partial charge in [-0.3, -0.25) is 4.98 Å². The Labute approximate surface area is 116 Å². The van der Waals surface area contributed by atoms with Crippen LogP contribution in [0.5, 0.6) is 17.4 Å². The monoisotopic (exact) mass is 274 g/mol. The molecule has 0 aliphatic carbocycles. The van der Waals surface area contributed by atoms with Gasteiger partial charge in [-0.05, 0) is 12.1 Å². The van der Waals surface area contributed by atoms with Gasteiger partial charge in [0.25, 0.3) is 0 Å². The first-order valence-corrected chi connectivity index (χ1v) is 6.21. The van der Waals surface area contributed by atoms with Crippen LogP contribution in [0.4, 0.5) is 0 Å². The van der Waals surface area contributed by atoms with Crippen LogP contribution in [0.1, 0.15) is 11.8 Å². The van der Waals surface area contributed by atoms with Gasteiger partial charge in [-0.2, -0.15) is 0 Å². The second kappa shape index (κ2) is 5.34. The summed E-state index contributed by atoms with van der Waals surface area (Å²) in [6, 6.07) is 7.33. The zero-order valence-corrected chi connectivity index (χ0v) is 10.9. The van der Waals surface area contributed by atoms with Gasteiger partial charge in [-0.25, -0.2) is 4.98 Å². The lowest BCUT2D eigenvalue weighted by Crippen LogP contribution is -2.35. The average molecular weight is 274 g/mol. The molecule has 1 aromatic heterocycles. The Hall–Kier alpha value is -2.34. The molecule has 2 heterocycles. The first-order chi connectivity index (χ1) is 9.79. The van der Waals surface area contributed by atoms with Crippen LogP contribution >= 0.6 is 0 Å². The number of ether oxygens (including phenoxy) is 3. The Morgan fingerprint density at radius 3 is 2.80 bits per heavy atom. The summed E-state index contributed by atoms with van der Waals surface area (Å²) in [6.07, 6.45) is 1.46. The van der Waals surface area contributed by atoms with E-state index < -0.39 is 12.2 Å². The third-order valence-corrected chi connectivity index (χ3v) is 3.05. The van der Waals surface area contributed by atoms with Gasteiger partial charge in [0.2, 0.25) is 5.88 Å². The van der Waals surface area contributed by atoms with Crippen molar-refractivity contribution in [2.45, 2.75) is 12.2 Å². The topological polar surface area (TPSA) is 73.7 Å². The van der Waals surface area contributed by atoms with Crippen molar-refractivity contribution in [3.05, 3.63) is 42.4 Å². The molecule has 2 atom stereocenters. The van der Waals surface area contributed by atoms with Crippen LogP contribution in [0, 0.1) is 0 Å². The zero-order chi connectivity index (χ0) is 13.9. The maximum absolute atomic E-state index is 10.4. The number of para-hydroxylation sites is 2. The minimum Gasteiger partial charge on any atom is -0.486 e. The maximum Gasteiger partial charge on any atom is 0.238 e. The molecule has 0 radical (unpaired) electrons. The second-order valence-electron chi connectivity index (χ2n) is 4.31. The molecule has 104 valence electrons. The highest BCUT2D eigenvalue weighted by Gasteiger charge is 2.31. The summed E-state index contributed by atoms with van der Waals surface area (Å²) in [4.78, 5) is 8.12. The summed E-state index contributed by atoms with van der Waals surface area (Å²) >= 11 is 0. The number of fused-ring (bicyclic) bond motifs is 1. The third-order valence-electron chi connectivity index (χ3n) is 3.05. The minimum atomic E-state index is -0.980. The average Bonchev–Trinajstić information content (AvgIpc) is 2.53. The van der Waals surface area contributed by atoms with E-state index >= 15 is 0 Å². The van der Waals surface area contributed by atoms with E-state index in [1.165, 1.54) is 19.5 Å². The number of aromatic nitrogens is 2. The fraction of sp³-hybridized carbons (Fsp3) is 0.286. The van der Waals surface area contributed by atoms with E-state index in [0.29, 0.717) is 17.2 Å². The number of hydrogen-bond donors (Lipinski definition) is 1. The zero-order valence-electron chi connectivity index (χ0n) is 10.9. The number of aliphatic hydroxyl groups is 1. The molecule has 2 unspecified atom stereocenters. The lowest BCUT2D eigenvalue weighted by atomic mass is 10.1. The number of methoxy groups -OCH3 is 1. The molecule has 6 nitrogen and oxygen atoms in total. The van der Waals surface area contributed by atoms with Gasteiger partial charge in [0.05, 0.1) is 7.11 Å². The number of aliphatic hydroxyl groups excluding tert-OH is 1. The SMILES string of the molecule is COc1nccnc1C(O)C1COc2ccccc2O1. The molecule has 1 N–H and O–H groups in total. The molecule has 2 aromatic rings. The van der Waals surface area contributed by atoms with E-state index in [2.05, 4.69) is 9.97 Å². The Bertz CT molecular complexity index is 605. The van der Waals surface area contributed by atoms with E-state index in [0.717, 1.165) is 0 Å². The van der Waals surface area contributed by atoms with Gasteiger partial charge < -0.3 is 19.3 Å². The van der Waals surface area contributed by atoms with Crippen LogP contribution in [0.3, 0.4) is 0 Å². The van der Waals surface area contributed by atoms with Gasteiger partial charge in [0.1, 0.15) is 18.4 Å². The normalized spacial score (nSPS) is 18.4. The maximum atomic E-state index is 10.4. The standard InChI is InChI=1S/C14H14N2O4/c1-18-14-12(15-6-7-16-14)13(17)11-8-19-9-4-2-3-5-10(9)20-11/h2-7,11,13,17H,8H2,1H3. The molecule has 1 aliphatic rings. The Morgan fingerprint density at radius 1 is 1.25 bits per heavy atom. The number of rotatable bonds is 3. The molecule has 0 spiro atoms. The van der Waals surface area contributed by atoms with Crippen LogP contribution in [0.15, 0.2) is 36.7 Å². The van der Waals surface area contributed by atoms with Crippen molar-refractivity contribution >= 4 is 0 Å². The van der Waals surface area contributed by atoms with Crippen LogP contribution in [-0.2, 0) is 0 Å². The van der Waals surface area contributed by atoms with Gasteiger partial charge in [-0.1, -0.05) is 12.1 Å². The predicted octanol–water partition coefficient (Wildman–Crippen LogP) is 1.36. The van der Waals surface area contributed by atoms with Crippen molar-refractivity contribution < 1.29 is 19.3 Å². The molecular weight excluding hydrogens is 260 g/mol. The van der Waals surface area contributed by atoms with E-state index in [1.807, 2.05) is 18.2 Å². The quantitative estimate of drug-likeness (QED) is 0.911. The molecule has 20 heavy (non-hydrogen) atoms. The summed E-state index contributed by atoms with van der Waals surface area (Å²) in [5, 5.41) is 10.4. The van der Waals surface area contributed by atoms with Gasteiger partial charge >= 0.3 is 0 Å². The van der Waals surface area contributed by atoms with Crippen molar-refractivity contribution in [1.29, 1.82) is 0 Å². The third kappa shape index (κ3) is 2.25. The fourth-order valence-electron chi connectivity index (χ4n) is 2.06. The molecular formula is C14H14N2O4. The molecule has 0 fully saturated rings. The summed E-state index contributed by atoms with van der Waals surface area (Å²) in [5.74, 6) is 1.55. The molecule has 1 aliphatic heterocycles. The second-order valence-corrected chi connectivity index (χ2v) is 4.31. The summed E-state index contributed by atoms with van der Waals surface area (Å²) < 4.78 is 16.4. The van der Waals surface area contributed by atoms with Crippen molar-refractivity contribution in [3.63, 3.8) is 0 Å². The Kier molecular flexibility index (Phi) is 3.39. The molecule has 3 rings (SSSR count). The van der Waals surface area contributed by atoms with E-state index in [4.69, 9.17) is 14.2 Å². The fourth-order valence-corrected chi connectivity index (χ4v) is 2.06. The minimum absolute atomic E-state index is 0.234. The van der Waals surface area contributed by atoms with E-state index in [1.54, 1.807) is 6.07 Å². The predicted molar refractivity (Wildman–Crippen MR) is 69.9 cm³/mol. The van der Waals surface area contributed by atoms with E-state index in [-0.39, 0.29) is 12.5 Å². The molecule has 6 heteroatoms. The van der Waals surface area contributed by atoms with Crippen molar-refractivity contribution in [2.75, 3.05) is 13.7 Å². The summed E-state index contributed by atoms with van der Waals surface area (Å²) in [6.45, 7) is 0.234. The first kappa shape index (κ1) is 12.7. The van der Waals surface area contributed by atoms with E-state index in [9.17, 15) is 5.11 Å². The summed E-state index contributed by atoms with van der Waals surface area (Å²) in [7, 11) is 1.48. The Balaban J connectivity index is 1.84. The van der Waals surface area contributed by atoms with Crippen LogP contribution < -0.4 is 14.2 Å². The van der Waals surface area contributed by atoms with Crippen molar-refractivity contribution in [3.8, 4) is 17.4 Å². The highest BCUT2D eigenvalue weighted by atomic mass is 16.6. The number of hydrogen-bond acceptors (Lipinski definition) is 6. The molecule has 0 amide bonds. The highest BCUT2D eigenvalue weighted by molar-refractivity contribution is 5.41. The molecule has 0 saturated carbocycles. The number of nitrogens with zero attached hydrogens (tertiary/aromatic N) is 2. The smallest absolute Gasteiger partial charge is 0.238 e. The Morgan fingerprint density at radius 2 is 2.00 bits per heavy atom. The molecule has 0 bridgehead atoms. The first-order valence-electron chi connectivity index (χ1n) is 6.21. The lowest BCUT2D eigenvalue weighted by molar-refractivity contribution is -0.0145. The van der Waals surface area contributed by atoms with Crippen molar-refractivity contribution in [2.24, 2.45) is 0 Å². The molecule has 0 saturated heterocycles. The van der Waals surface area contributed by atoms with Gasteiger partial charge in [0, 0.05) is 12.4 Å². The van der Waals surface area contributed by atoms with Gasteiger partial charge in [0.15, 0.2) is 17.6 Å². The number of benzene rings is 1. The van der Waals surface area contributed by atoms with Gasteiger partial charge in [-0.15, -0.1) is 0 Å². The largest absolute Gasteiger partial charge is 0.486 e. The van der Waals surface area contributed by atoms with Crippen LogP contribution in [0.2, 0.25) is 0 Å². The summed E-state index contributed by atoms with van der Waals surface area (Å²) in [5.41, 5.74) is 0.336. The highest BCUT2D eigenvalue weighted by Crippen LogP contribution is 2.35. The van der Waals surface area contributed by atoms with Crippen LogP contribution in [0.25, 0.3) is 0 Å². The molecule has 1 aromatic carbocycles. The lowest BCUT2D eigenvalue weighted by Gasteiger charge is -2.29.